The van der Waals surface area contributed by atoms with Gasteiger partial charge in [-0.15, -0.1) is 0 Å². The molecule has 2 rings (SSSR count). The number of hydrogen-bond donors (Lipinski definition) is 2. The van der Waals surface area contributed by atoms with Crippen molar-refractivity contribution in [3.05, 3.63) is 52.5 Å². The monoisotopic (exact) mass is 293 g/mol. The summed E-state index contributed by atoms with van der Waals surface area (Å²) in [7, 11) is 0. The molecule has 0 saturated carbocycles. The van der Waals surface area contributed by atoms with E-state index in [4.69, 9.17) is 0 Å². The average Bonchev–Trinajstić information content (AvgIpc) is 2.83. The number of imidazole rings is 1. The third kappa shape index (κ3) is 3.68. The molecular formula is C13H16BrN3. The Morgan fingerprint density at radius 1 is 1.35 bits per heavy atom. The van der Waals surface area contributed by atoms with Crippen LogP contribution in [0.4, 0.5) is 0 Å². The highest BCUT2D eigenvalue weighted by atomic mass is 79.9. The number of benzene rings is 1. The lowest BCUT2D eigenvalue weighted by Gasteiger charge is -2.13. The molecule has 1 heterocycles. The van der Waals surface area contributed by atoms with Gasteiger partial charge in [0.1, 0.15) is 5.82 Å². The summed E-state index contributed by atoms with van der Waals surface area (Å²) in [6.07, 6.45) is 4.56. The molecule has 4 heteroatoms. The Kier molecular flexibility index (Phi) is 4.34. The molecule has 0 radical (unpaired) electrons. The highest BCUT2D eigenvalue weighted by molar-refractivity contribution is 9.10. The molecule has 1 aromatic heterocycles. The molecule has 2 N–H and O–H groups in total. The first kappa shape index (κ1) is 12.3. The van der Waals surface area contributed by atoms with Gasteiger partial charge >= 0.3 is 0 Å². The smallest absolute Gasteiger partial charge is 0.107 e. The minimum absolute atomic E-state index is 0.359. The molecule has 0 aliphatic heterocycles. The van der Waals surface area contributed by atoms with Crippen LogP contribution in [0.2, 0.25) is 0 Å². The second-order valence-corrected chi connectivity index (χ2v) is 4.93. The van der Waals surface area contributed by atoms with Gasteiger partial charge in [-0.25, -0.2) is 4.98 Å². The Hall–Kier alpha value is -1.13. The number of H-pyrrole nitrogens is 1. The zero-order valence-electron chi connectivity index (χ0n) is 9.78. The van der Waals surface area contributed by atoms with E-state index in [2.05, 4.69) is 62.4 Å². The molecule has 2 aromatic rings. The molecular weight excluding hydrogens is 278 g/mol. The van der Waals surface area contributed by atoms with E-state index in [-0.39, 0.29) is 0 Å². The fourth-order valence-electron chi connectivity index (χ4n) is 1.71. The molecule has 0 spiro atoms. The SMILES string of the molecule is CC(NCCc1ncc[nH]1)c1ccc(Br)cc1. The Balaban J connectivity index is 1.81. The van der Waals surface area contributed by atoms with Gasteiger partial charge in [-0.1, -0.05) is 28.1 Å². The molecule has 0 bridgehead atoms. The number of rotatable bonds is 5. The molecule has 1 unspecified atom stereocenters. The lowest BCUT2D eigenvalue weighted by Crippen LogP contribution is -2.21. The topological polar surface area (TPSA) is 40.7 Å². The van der Waals surface area contributed by atoms with Crippen molar-refractivity contribution in [3.8, 4) is 0 Å². The highest BCUT2D eigenvalue weighted by Gasteiger charge is 2.04. The van der Waals surface area contributed by atoms with Gasteiger partial charge < -0.3 is 10.3 Å². The summed E-state index contributed by atoms with van der Waals surface area (Å²) < 4.78 is 1.11. The lowest BCUT2D eigenvalue weighted by atomic mass is 10.1. The molecule has 0 saturated heterocycles. The van der Waals surface area contributed by atoms with E-state index in [0.29, 0.717) is 6.04 Å². The van der Waals surface area contributed by atoms with Crippen molar-refractivity contribution in [2.45, 2.75) is 19.4 Å². The summed E-state index contributed by atoms with van der Waals surface area (Å²) in [4.78, 5) is 7.30. The van der Waals surface area contributed by atoms with Gasteiger partial charge in [-0.05, 0) is 24.6 Å². The van der Waals surface area contributed by atoms with Crippen molar-refractivity contribution in [2.75, 3.05) is 6.54 Å². The maximum absolute atomic E-state index is 4.20. The number of nitrogens with zero attached hydrogens (tertiary/aromatic N) is 1. The molecule has 1 atom stereocenters. The van der Waals surface area contributed by atoms with Crippen molar-refractivity contribution in [1.82, 2.24) is 15.3 Å². The summed E-state index contributed by atoms with van der Waals surface area (Å²) in [5.74, 6) is 1.03. The first-order valence-corrected chi connectivity index (χ1v) is 6.52. The van der Waals surface area contributed by atoms with Crippen LogP contribution in [0.25, 0.3) is 0 Å². The van der Waals surface area contributed by atoms with Crippen LogP contribution in [-0.2, 0) is 6.42 Å². The van der Waals surface area contributed by atoms with Crippen LogP contribution in [0.5, 0.6) is 0 Å². The van der Waals surface area contributed by atoms with E-state index in [0.717, 1.165) is 23.3 Å². The second-order valence-electron chi connectivity index (χ2n) is 4.01. The van der Waals surface area contributed by atoms with Crippen LogP contribution in [0.1, 0.15) is 24.4 Å². The van der Waals surface area contributed by atoms with Gasteiger partial charge in [0.2, 0.25) is 0 Å². The lowest BCUT2D eigenvalue weighted by molar-refractivity contribution is 0.571. The van der Waals surface area contributed by atoms with Gasteiger partial charge in [0.25, 0.3) is 0 Å². The average molecular weight is 294 g/mol. The predicted molar refractivity (Wildman–Crippen MR) is 72.9 cm³/mol. The van der Waals surface area contributed by atoms with Crippen molar-refractivity contribution in [1.29, 1.82) is 0 Å². The number of hydrogen-bond acceptors (Lipinski definition) is 2. The molecule has 1 aromatic carbocycles. The highest BCUT2D eigenvalue weighted by Crippen LogP contribution is 2.16. The van der Waals surface area contributed by atoms with Crippen LogP contribution in [0, 0.1) is 0 Å². The largest absolute Gasteiger partial charge is 0.349 e. The maximum atomic E-state index is 4.20. The van der Waals surface area contributed by atoms with Crippen LogP contribution < -0.4 is 5.32 Å². The van der Waals surface area contributed by atoms with E-state index >= 15 is 0 Å². The number of nitrogens with one attached hydrogen (secondary N) is 2. The van der Waals surface area contributed by atoms with Gasteiger partial charge in [-0.2, -0.15) is 0 Å². The fourth-order valence-corrected chi connectivity index (χ4v) is 1.98. The van der Waals surface area contributed by atoms with Gasteiger partial charge in [0.15, 0.2) is 0 Å². The number of halogens is 1. The molecule has 17 heavy (non-hydrogen) atoms. The zero-order valence-corrected chi connectivity index (χ0v) is 11.4. The van der Waals surface area contributed by atoms with E-state index < -0.39 is 0 Å². The van der Waals surface area contributed by atoms with Crippen LogP contribution >= 0.6 is 15.9 Å². The Bertz CT molecular complexity index is 436. The maximum Gasteiger partial charge on any atom is 0.107 e. The van der Waals surface area contributed by atoms with Crippen molar-refractivity contribution < 1.29 is 0 Å². The third-order valence-electron chi connectivity index (χ3n) is 2.74. The minimum atomic E-state index is 0.359. The summed E-state index contributed by atoms with van der Waals surface area (Å²) in [6, 6.07) is 8.77. The first-order chi connectivity index (χ1) is 8.25. The molecule has 0 fully saturated rings. The summed E-state index contributed by atoms with van der Waals surface area (Å²) >= 11 is 3.44. The molecule has 3 nitrogen and oxygen atoms in total. The molecule has 0 aliphatic rings. The van der Waals surface area contributed by atoms with Crippen LogP contribution in [0.3, 0.4) is 0 Å². The van der Waals surface area contributed by atoms with Crippen LogP contribution in [0.15, 0.2) is 41.1 Å². The third-order valence-corrected chi connectivity index (χ3v) is 3.27. The summed E-state index contributed by atoms with van der Waals surface area (Å²) in [5.41, 5.74) is 1.30. The van der Waals surface area contributed by atoms with Crippen molar-refractivity contribution in [3.63, 3.8) is 0 Å². The first-order valence-electron chi connectivity index (χ1n) is 5.73. The van der Waals surface area contributed by atoms with Gasteiger partial charge in [0.05, 0.1) is 0 Å². The molecule has 90 valence electrons. The number of aromatic amines is 1. The Morgan fingerprint density at radius 2 is 2.12 bits per heavy atom. The Labute approximate surface area is 110 Å². The van der Waals surface area contributed by atoms with Crippen molar-refractivity contribution in [2.24, 2.45) is 0 Å². The van der Waals surface area contributed by atoms with E-state index in [1.54, 1.807) is 6.20 Å². The Morgan fingerprint density at radius 3 is 2.76 bits per heavy atom. The van der Waals surface area contributed by atoms with Crippen LogP contribution in [-0.4, -0.2) is 16.5 Å². The fraction of sp³-hybridized carbons (Fsp3) is 0.308. The normalized spacial score (nSPS) is 12.6. The van der Waals surface area contributed by atoms with Crippen molar-refractivity contribution >= 4 is 15.9 Å². The minimum Gasteiger partial charge on any atom is -0.349 e. The summed E-state index contributed by atoms with van der Waals surface area (Å²) in [5, 5.41) is 3.48. The van der Waals surface area contributed by atoms with Gasteiger partial charge in [-0.3, -0.25) is 0 Å². The van der Waals surface area contributed by atoms with E-state index in [9.17, 15) is 0 Å². The molecule has 0 amide bonds. The second kappa shape index (κ2) is 5.98. The zero-order chi connectivity index (χ0) is 12.1. The van der Waals surface area contributed by atoms with E-state index in [1.807, 2.05) is 6.20 Å². The standard InChI is InChI=1S/C13H16BrN3/c1-10(11-2-4-12(14)5-3-11)15-7-6-13-16-8-9-17-13/h2-5,8-10,15H,6-7H2,1H3,(H,16,17). The number of aromatic nitrogens is 2. The predicted octanol–water partition coefficient (Wildman–Crippen LogP) is 3.07. The quantitative estimate of drug-likeness (QED) is 0.889. The molecule has 0 aliphatic carbocycles. The summed E-state index contributed by atoms with van der Waals surface area (Å²) in [6.45, 7) is 3.09. The van der Waals surface area contributed by atoms with E-state index in [1.165, 1.54) is 5.56 Å². The van der Waals surface area contributed by atoms with Gasteiger partial charge in [0, 0.05) is 35.9 Å².